The van der Waals surface area contributed by atoms with E-state index in [0.29, 0.717) is 6.54 Å². The van der Waals surface area contributed by atoms with E-state index in [1.807, 2.05) is 23.7 Å². The van der Waals surface area contributed by atoms with Gasteiger partial charge in [0.15, 0.2) is 0 Å². The summed E-state index contributed by atoms with van der Waals surface area (Å²) in [4.78, 5) is 3.70. The van der Waals surface area contributed by atoms with Crippen molar-refractivity contribution in [2.45, 2.75) is 40.0 Å². The molecule has 0 atom stereocenters. The number of rotatable bonds is 8. The van der Waals surface area contributed by atoms with Crippen LogP contribution in [0.3, 0.4) is 0 Å². The third kappa shape index (κ3) is 3.95. The Kier molecular flexibility index (Phi) is 5.50. The molecule has 3 rings (SSSR count). The van der Waals surface area contributed by atoms with Gasteiger partial charge in [0.1, 0.15) is 5.76 Å². The number of aryl methyl sites for hydroxylation is 1. The zero-order valence-electron chi connectivity index (χ0n) is 14.1. The monoisotopic (exact) mass is 345 g/mol. The van der Waals surface area contributed by atoms with Gasteiger partial charge in [-0.2, -0.15) is 5.10 Å². The molecule has 3 heterocycles. The third-order valence-corrected chi connectivity index (χ3v) is 5.01. The van der Waals surface area contributed by atoms with Crippen LogP contribution < -0.4 is 0 Å². The molecule has 0 saturated heterocycles. The molecule has 24 heavy (non-hydrogen) atoms. The van der Waals surface area contributed by atoms with Crippen molar-refractivity contribution >= 4 is 11.3 Å². The van der Waals surface area contributed by atoms with Crippen molar-refractivity contribution in [3.63, 3.8) is 0 Å². The molecular weight excluding hydrogens is 322 g/mol. The minimum absolute atomic E-state index is 0.104. The van der Waals surface area contributed by atoms with E-state index in [0.717, 1.165) is 36.8 Å². The Morgan fingerprint density at radius 2 is 2.08 bits per heavy atom. The topological polar surface area (TPSA) is 54.4 Å². The number of aliphatic hydroxyl groups is 1. The zero-order valence-corrected chi connectivity index (χ0v) is 14.9. The van der Waals surface area contributed by atoms with Gasteiger partial charge in [-0.25, -0.2) is 0 Å². The maximum Gasteiger partial charge on any atom is 0.117 e. The Hall–Kier alpha value is -1.89. The molecule has 0 aromatic carbocycles. The maximum absolute atomic E-state index is 9.19. The van der Waals surface area contributed by atoms with E-state index < -0.39 is 0 Å². The first-order chi connectivity index (χ1) is 11.7. The highest BCUT2D eigenvalue weighted by Gasteiger charge is 2.17. The number of furan rings is 1. The normalized spacial score (nSPS) is 11.5. The van der Waals surface area contributed by atoms with Crippen molar-refractivity contribution in [2.24, 2.45) is 0 Å². The quantitative estimate of drug-likeness (QED) is 0.680. The van der Waals surface area contributed by atoms with Crippen LogP contribution in [0.25, 0.3) is 0 Å². The number of thiophene rings is 1. The van der Waals surface area contributed by atoms with E-state index in [9.17, 15) is 5.11 Å². The molecule has 0 amide bonds. The van der Waals surface area contributed by atoms with Crippen molar-refractivity contribution in [3.05, 3.63) is 63.5 Å². The lowest BCUT2D eigenvalue weighted by molar-refractivity contribution is 0.227. The summed E-state index contributed by atoms with van der Waals surface area (Å²) in [7, 11) is 0. The van der Waals surface area contributed by atoms with Crippen LogP contribution in [0.5, 0.6) is 0 Å². The van der Waals surface area contributed by atoms with Gasteiger partial charge in [-0.15, -0.1) is 11.3 Å². The number of aromatic nitrogens is 2. The summed E-state index contributed by atoms with van der Waals surface area (Å²) in [5.41, 5.74) is 3.38. The Labute approximate surface area is 146 Å². The van der Waals surface area contributed by atoms with Gasteiger partial charge in [-0.3, -0.25) is 9.58 Å². The lowest BCUT2D eigenvalue weighted by Gasteiger charge is -2.21. The first-order valence-electron chi connectivity index (χ1n) is 8.08. The molecular formula is C18H23N3O2S. The van der Waals surface area contributed by atoms with Crippen LogP contribution in [-0.4, -0.2) is 26.4 Å². The fourth-order valence-corrected chi connectivity index (χ4v) is 3.66. The predicted molar refractivity (Wildman–Crippen MR) is 94.8 cm³/mol. The van der Waals surface area contributed by atoms with Crippen LogP contribution in [0.4, 0.5) is 0 Å². The Balaban J connectivity index is 1.80. The highest BCUT2D eigenvalue weighted by Crippen LogP contribution is 2.21. The molecule has 0 fully saturated rings. The van der Waals surface area contributed by atoms with E-state index in [4.69, 9.17) is 4.42 Å². The van der Waals surface area contributed by atoms with Crippen molar-refractivity contribution in [2.75, 3.05) is 6.61 Å². The Morgan fingerprint density at radius 1 is 1.21 bits per heavy atom. The molecule has 0 bridgehead atoms. The molecule has 3 aromatic heterocycles. The van der Waals surface area contributed by atoms with Crippen LogP contribution in [0.2, 0.25) is 0 Å². The van der Waals surface area contributed by atoms with Gasteiger partial charge in [0.2, 0.25) is 0 Å². The smallest absolute Gasteiger partial charge is 0.117 e. The number of aliphatic hydroxyl groups excluding tert-OH is 1. The van der Waals surface area contributed by atoms with Gasteiger partial charge in [0, 0.05) is 29.2 Å². The van der Waals surface area contributed by atoms with Crippen LogP contribution in [-0.2, 0) is 26.2 Å². The minimum atomic E-state index is 0.104. The summed E-state index contributed by atoms with van der Waals surface area (Å²) in [6.07, 6.45) is 1.72. The van der Waals surface area contributed by atoms with E-state index >= 15 is 0 Å². The Bertz CT molecular complexity index is 711. The van der Waals surface area contributed by atoms with Crippen LogP contribution in [0.15, 0.2) is 40.3 Å². The standard InChI is InChI=1S/C18H23N3O2S/c1-14-18(15(2)21(19-14)7-8-22)13-20(11-16-5-3-9-23-16)12-17-6-4-10-24-17/h3-6,9-10,22H,7-8,11-13H2,1-2H3. The van der Waals surface area contributed by atoms with Gasteiger partial charge in [-0.05, 0) is 37.4 Å². The molecule has 1 N–H and O–H groups in total. The van der Waals surface area contributed by atoms with Gasteiger partial charge in [0.05, 0.1) is 31.7 Å². The molecule has 3 aromatic rings. The largest absolute Gasteiger partial charge is 0.468 e. The molecule has 5 nitrogen and oxygen atoms in total. The molecule has 0 aliphatic rings. The predicted octanol–water partition coefficient (Wildman–Crippen LogP) is 3.35. The van der Waals surface area contributed by atoms with E-state index in [-0.39, 0.29) is 6.61 Å². The molecule has 0 aliphatic heterocycles. The molecule has 128 valence electrons. The summed E-state index contributed by atoms with van der Waals surface area (Å²) in [5, 5.41) is 15.8. The first kappa shape index (κ1) is 17.0. The average molecular weight is 345 g/mol. The number of hydrogen-bond donors (Lipinski definition) is 1. The fraction of sp³-hybridized carbons (Fsp3) is 0.389. The summed E-state index contributed by atoms with van der Waals surface area (Å²) in [6, 6.07) is 8.18. The average Bonchev–Trinajstić information content (AvgIpc) is 3.28. The lowest BCUT2D eigenvalue weighted by atomic mass is 10.1. The van der Waals surface area contributed by atoms with Gasteiger partial charge < -0.3 is 9.52 Å². The second kappa shape index (κ2) is 7.79. The van der Waals surface area contributed by atoms with E-state index in [2.05, 4.69) is 34.4 Å². The SMILES string of the molecule is Cc1nn(CCO)c(C)c1CN(Cc1ccco1)Cc1cccs1. The zero-order chi connectivity index (χ0) is 16.9. The number of nitrogens with zero attached hydrogens (tertiary/aromatic N) is 3. The highest BCUT2D eigenvalue weighted by molar-refractivity contribution is 7.09. The molecule has 0 radical (unpaired) electrons. The van der Waals surface area contributed by atoms with Crippen LogP contribution in [0, 0.1) is 13.8 Å². The third-order valence-electron chi connectivity index (χ3n) is 4.14. The van der Waals surface area contributed by atoms with Crippen molar-refractivity contribution in [3.8, 4) is 0 Å². The van der Waals surface area contributed by atoms with Gasteiger partial charge in [0.25, 0.3) is 0 Å². The summed E-state index contributed by atoms with van der Waals surface area (Å²) in [6.45, 7) is 7.19. The van der Waals surface area contributed by atoms with Gasteiger partial charge >= 0.3 is 0 Å². The minimum Gasteiger partial charge on any atom is -0.468 e. The van der Waals surface area contributed by atoms with Crippen molar-refractivity contribution < 1.29 is 9.52 Å². The molecule has 0 spiro atoms. The van der Waals surface area contributed by atoms with Crippen LogP contribution >= 0.6 is 11.3 Å². The van der Waals surface area contributed by atoms with Crippen molar-refractivity contribution in [1.29, 1.82) is 0 Å². The summed E-state index contributed by atoms with van der Waals surface area (Å²) in [5.74, 6) is 0.963. The fourth-order valence-electron chi connectivity index (χ4n) is 2.91. The maximum atomic E-state index is 9.19. The van der Waals surface area contributed by atoms with E-state index in [1.54, 1.807) is 17.6 Å². The summed E-state index contributed by atoms with van der Waals surface area (Å²) < 4.78 is 7.42. The van der Waals surface area contributed by atoms with Crippen LogP contribution in [0.1, 0.15) is 27.6 Å². The molecule has 6 heteroatoms. The molecule has 0 aliphatic carbocycles. The highest BCUT2D eigenvalue weighted by atomic mass is 32.1. The second-order valence-electron chi connectivity index (χ2n) is 5.90. The van der Waals surface area contributed by atoms with Gasteiger partial charge in [-0.1, -0.05) is 6.07 Å². The Morgan fingerprint density at radius 3 is 2.75 bits per heavy atom. The summed E-state index contributed by atoms with van der Waals surface area (Å²) >= 11 is 1.77. The lowest BCUT2D eigenvalue weighted by Crippen LogP contribution is -2.22. The first-order valence-corrected chi connectivity index (χ1v) is 8.96. The molecule has 0 unspecified atom stereocenters. The molecule has 0 saturated carbocycles. The number of hydrogen-bond acceptors (Lipinski definition) is 5. The van der Waals surface area contributed by atoms with E-state index in [1.165, 1.54) is 10.4 Å². The second-order valence-corrected chi connectivity index (χ2v) is 6.93. The van der Waals surface area contributed by atoms with Crippen molar-refractivity contribution in [1.82, 2.24) is 14.7 Å².